The molecule has 0 rings (SSSR count). The van der Waals surface area contributed by atoms with Crippen molar-refractivity contribution in [2.45, 2.75) is 20.8 Å². The third-order valence-corrected chi connectivity index (χ3v) is 1.51. The Labute approximate surface area is 68.3 Å². The van der Waals surface area contributed by atoms with Crippen molar-refractivity contribution in [1.82, 2.24) is 0 Å². The molecule has 58 valence electrons. The van der Waals surface area contributed by atoms with E-state index in [-0.39, 0.29) is 0 Å². The Hall–Kier alpha value is -1.29. The Morgan fingerprint density at radius 3 is 2.18 bits per heavy atom. The molecule has 0 fully saturated rings. The molecule has 0 saturated carbocycles. The van der Waals surface area contributed by atoms with Crippen LogP contribution in [0.4, 0.5) is 0 Å². The van der Waals surface area contributed by atoms with Crippen molar-refractivity contribution in [2.24, 2.45) is 0 Å². The van der Waals surface area contributed by atoms with E-state index in [1.807, 2.05) is 32.9 Å². The van der Waals surface area contributed by atoms with E-state index in [0.29, 0.717) is 5.57 Å². The van der Waals surface area contributed by atoms with Gasteiger partial charge in [-0.2, -0.15) is 5.26 Å². The summed E-state index contributed by atoms with van der Waals surface area (Å²) in [6, 6.07) is 2.05. The topological polar surface area (TPSA) is 23.8 Å². The summed E-state index contributed by atoms with van der Waals surface area (Å²) in [6.45, 7) is 9.55. The molecule has 0 heterocycles. The van der Waals surface area contributed by atoms with E-state index in [9.17, 15) is 0 Å². The second-order valence-corrected chi connectivity index (χ2v) is 2.60. The van der Waals surface area contributed by atoms with Crippen LogP contribution in [0.3, 0.4) is 0 Å². The maximum Gasteiger partial charge on any atom is 0.0991 e. The van der Waals surface area contributed by atoms with Gasteiger partial charge in [0.15, 0.2) is 0 Å². The van der Waals surface area contributed by atoms with Gasteiger partial charge in [0.25, 0.3) is 0 Å². The van der Waals surface area contributed by atoms with E-state index in [1.54, 1.807) is 6.08 Å². The van der Waals surface area contributed by atoms with E-state index in [1.165, 1.54) is 5.57 Å². The summed E-state index contributed by atoms with van der Waals surface area (Å²) in [5.74, 6) is 0. The molecule has 1 nitrogen and oxygen atoms in total. The molecule has 0 saturated heterocycles. The van der Waals surface area contributed by atoms with Crippen LogP contribution in [0.5, 0.6) is 0 Å². The average molecular weight is 147 g/mol. The minimum atomic E-state index is 0.615. The first-order valence-corrected chi connectivity index (χ1v) is 3.50. The van der Waals surface area contributed by atoms with Gasteiger partial charge in [0, 0.05) is 0 Å². The summed E-state index contributed by atoms with van der Waals surface area (Å²) in [7, 11) is 0. The minimum absolute atomic E-state index is 0.615. The molecule has 0 aromatic heterocycles. The Kier molecular flexibility index (Phi) is 3.98. The summed E-state index contributed by atoms with van der Waals surface area (Å²) in [5, 5.41) is 8.54. The number of hydrogen-bond acceptors (Lipinski definition) is 1. The molecule has 0 aliphatic carbocycles. The molecule has 0 aliphatic heterocycles. The molecule has 0 radical (unpaired) electrons. The van der Waals surface area contributed by atoms with Gasteiger partial charge in [0.05, 0.1) is 11.6 Å². The lowest BCUT2D eigenvalue weighted by atomic mass is 10.1. The predicted molar refractivity (Wildman–Crippen MR) is 47.9 cm³/mol. The highest BCUT2D eigenvalue weighted by Crippen LogP contribution is 2.06. The number of nitriles is 1. The van der Waals surface area contributed by atoms with E-state index in [2.05, 4.69) is 6.58 Å². The van der Waals surface area contributed by atoms with E-state index in [4.69, 9.17) is 5.26 Å². The quantitative estimate of drug-likeness (QED) is 0.435. The van der Waals surface area contributed by atoms with Gasteiger partial charge in [-0.25, -0.2) is 0 Å². The van der Waals surface area contributed by atoms with Crippen molar-refractivity contribution in [3.8, 4) is 6.07 Å². The highest BCUT2D eigenvalue weighted by Gasteiger charge is 1.89. The van der Waals surface area contributed by atoms with E-state index < -0.39 is 0 Å². The van der Waals surface area contributed by atoms with Crippen LogP contribution in [-0.2, 0) is 0 Å². The largest absolute Gasteiger partial charge is 0.192 e. The van der Waals surface area contributed by atoms with E-state index >= 15 is 0 Å². The molecular weight excluding hydrogens is 134 g/mol. The normalized spacial score (nSPS) is 10.2. The lowest BCUT2D eigenvalue weighted by Crippen LogP contribution is -1.77. The highest BCUT2D eigenvalue weighted by molar-refractivity contribution is 5.38. The van der Waals surface area contributed by atoms with Crippen LogP contribution >= 0.6 is 0 Å². The standard InChI is InChI=1S/C10H13N/c1-5-10(7-11)6-9(4)8(2)3/h5-6H,1H2,2-4H3/b10-6+. The first-order chi connectivity index (χ1) is 5.11. The Morgan fingerprint density at radius 2 is 1.91 bits per heavy atom. The van der Waals surface area contributed by atoms with Crippen molar-refractivity contribution < 1.29 is 0 Å². The van der Waals surface area contributed by atoms with Crippen molar-refractivity contribution in [3.63, 3.8) is 0 Å². The van der Waals surface area contributed by atoms with Crippen LogP contribution in [0.15, 0.2) is 35.5 Å². The third kappa shape index (κ3) is 3.42. The van der Waals surface area contributed by atoms with Crippen molar-refractivity contribution in [3.05, 3.63) is 35.5 Å². The maximum atomic E-state index is 8.54. The Balaban J connectivity index is 4.70. The van der Waals surface area contributed by atoms with Gasteiger partial charge in [-0.05, 0) is 26.8 Å². The van der Waals surface area contributed by atoms with Crippen molar-refractivity contribution in [2.75, 3.05) is 0 Å². The predicted octanol–water partition coefficient (Wildman–Crippen LogP) is 2.98. The van der Waals surface area contributed by atoms with Gasteiger partial charge in [0.2, 0.25) is 0 Å². The van der Waals surface area contributed by atoms with Crippen molar-refractivity contribution in [1.29, 1.82) is 5.26 Å². The van der Waals surface area contributed by atoms with Crippen LogP contribution in [-0.4, -0.2) is 0 Å². The number of rotatable bonds is 2. The zero-order chi connectivity index (χ0) is 8.85. The Bertz CT molecular complexity index is 245. The van der Waals surface area contributed by atoms with Crippen LogP contribution in [0, 0.1) is 11.3 Å². The first-order valence-electron chi connectivity index (χ1n) is 3.50. The van der Waals surface area contributed by atoms with Gasteiger partial charge < -0.3 is 0 Å². The second kappa shape index (κ2) is 4.51. The first kappa shape index (κ1) is 9.71. The smallest absolute Gasteiger partial charge is 0.0991 e. The van der Waals surface area contributed by atoms with Crippen LogP contribution < -0.4 is 0 Å². The van der Waals surface area contributed by atoms with Crippen LogP contribution in [0.1, 0.15) is 20.8 Å². The molecule has 0 N–H and O–H groups in total. The molecule has 0 aliphatic rings. The Morgan fingerprint density at radius 1 is 1.36 bits per heavy atom. The SMILES string of the molecule is C=C/C(C#N)=C\C(C)=C(C)C. The van der Waals surface area contributed by atoms with Crippen LogP contribution in [0.25, 0.3) is 0 Å². The molecule has 0 atom stereocenters. The number of allylic oxidation sites excluding steroid dienone is 5. The summed E-state index contributed by atoms with van der Waals surface area (Å²) in [5.41, 5.74) is 2.96. The molecule has 0 bridgehead atoms. The monoisotopic (exact) mass is 147 g/mol. The molecular formula is C10H13N. The van der Waals surface area contributed by atoms with E-state index in [0.717, 1.165) is 5.57 Å². The molecule has 1 heteroatoms. The molecule has 0 unspecified atom stereocenters. The fraction of sp³-hybridized carbons (Fsp3) is 0.300. The molecule has 11 heavy (non-hydrogen) atoms. The minimum Gasteiger partial charge on any atom is -0.192 e. The summed E-state index contributed by atoms with van der Waals surface area (Å²) < 4.78 is 0. The molecule has 0 amide bonds. The van der Waals surface area contributed by atoms with Gasteiger partial charge in [-0.15, -0.1) is 0 Å². The summed E-state index contributed by atoms with van der Waals surface area (Å²) in [6.07, 6.45) is 3.40. The van der Waals surface area contributed by atoms with Gasteiger partial charge in [0.1, 0.15) is 0 Å². The zero-order valence-electron chi connectivity index (χ0n) is 7.31. The average Bonchev–Trinajstić information content (AvgIpc) is 1.99. The van der Waals surface area contributed by atoms with Gasteiger partial charge in [-0.3, -0.25) is 0 Å². The van der Waals surface area contributed by atoms with Crippen LogP contribution in [0.2, 0.25) is 0 Å². The molecule has 0 spiro atoms. The number of nitrogens with zero attached hydrogens (tertiary/aromatic N) is 1. The van der Waals surface area contributed by atoms with Gasteiger partial charge in [-0.1, -0.05) is 23.8 Å². The molecule has 0 aromatic rings. The fourth-order valence-corrected chi connectivity index (χ4v) is 0.514. The highest BCUT2D eigenvalue weighted by atomic mass is 14.2. The lowest BCUT2D eigenvalue weighted by Gasteiger charge is -1.95. The summed E-state index contributed by atoms with van der Waals surface area (Å²) in [4.78, 5) is 0. The van der Waals surface area contributed by atoms with Gasteiger partial charge >= 0.3 is 0 Å². The lowest BCUT2D eigenvalue weighted by molar-refractivity contribution is 1.29. The third-order valence-electron chi connectivity index (χ3n) is 1.51. The second-order valence-electron chi connectivity index (χ2n) is 2.60. The zero-order valence-corrected chi connectivity index (χ0v) is 7.31. The summed E-state index contributed by atoms with van der Waals surface area (Å²) >= 11 is 0. The fourth-order valence-electron chi connectivity index (χ4n) is 0.514. The maximum absolute atomic E-state index is 8.54. The van der Waals surface area contributed by atoms with Crippen molar-refractivity contribution >= 4 is 0 Å². The number of hydrogen-bond donors (Lipinski definition) is 0. The molecule has 0 aromatic carbocycles.